The molecule has 5 nitrogen and oxygen atoms in total. The van der Waals surface area contributed by atoms with Crippen LogP contribution in [0.2, 0.25) is 10.0 Å². The van der Waals surface area contributed by atoms with Gasteiger partial charge in [0.05, 0.1) is 12.1 Å². The molecule has 1 saturated heterocycles. The summed E-state index contributed by atoms with van der Waals surface area (Å²) in [7, 11) is 1.34. The lowest BCUT2D eigenvalue weighted by atomic mass is 10.2. The Bertz CT molecular complexity index is 511. The van der Waals surface area contributed by atoms with Crippen LogP contribution in [0.25, 0.3) is 0 Å². The van der Waals surface area contributed by atoms with E-state index < -0.39 is 6.09 Å². The van der Waals surface area contributed by atoms with E-state index in [9.17, 15) is 9.90 Å². The summed E-state index contributed by atoms with van der Waals surface area (Å²) >= 11 is 11.8. The van der Waals surface area contributed by atoms with E-state index in [0.29, 0.717) is 23.7 Å². The average molecular weight is 319 g/mol. The van der Waals surface area contributed by atoms with Crippen molar-refractivity contribution in [2.45, 2.75) is 19.0 Å². The van der Waals surface area contributed by atoms with E-state index in [-0.39, 0.29) is 16.8 Å². The number of alkyl carbamates (subject to hydrolysis) is 1. The lowest BCUT2D eigenvalue weighted by Gasteiger charge is -2.17. The van der Waals surface area contributed by atoms with E-state index >= 15 is 0 Å². The second-order valence-electron chi connectivity index (χ2n) is 4.75. The molecule has 0 bridgehead atoms. The van der Waals surface area contributed by atoms with Gasteiger partial charge in [-0.05, 0) is 18.6 Å². The van der Waals surface area contributed by atoms with Crippen molar-refractivity contribution >= 4 is 29.3 Å². The summed E-state index contributed by atoms with van der Waals surface area (Å²) in [6.45, 7) is 2.04. The van der Waals surface area contributed by atoms with Gasteiger partial charge in [-0.1, -0.05) is 23.2 Å². The highest BCUT2D eigenvalue weighted by Gasteiger charge is 2.25. The van der Waals surface area contributed by atoms with Crippen molar-refractivity contribution < 1.29 is 14.6 Å². The zero-order chi connectivity index (χ0) is 14.7. The fourth-order valence-electron chi connectivity index (χ4n) is 2.30. The van der Waals surface area contributed by atoms with Crippen molar-refractivity contribution in [2.75, 3.05) is 20.2 Å². The lowest BCUT2D eigenvalue weighted by molar-refractivity contribution is 0.166. The Labute approximate surface area is 127 Å². The molecule has 1 aromatic carbocycles. The number of nitrogens with one attached hydrogen (secondary N) is 1. The van der Waals surface area contributed by atoms with Gasteiger partial charge in [0.25, 0.3) is 0 Å². The van der Waals surface area contributed by atoms with E-state index in [1.54, 1.807) is 6.07 Å². The molecule has 1 aliphatic rings. The smallest absolute Gasteiger partial charge is 0.407 e. The molecule has 2 N–H and O–H groups in total. The normalized spacial score (nSPS) is 19.1. The number of hydrogen-bond donors (Lipinski definition) is 2. The van der Waals surface area contributed by atoms with Crippen molar-refractivity contribution in [1.82, 2.24) is 10.2 Å². The van der Waals surface area contributed by atoms with Crippen LogP contribution in [-0.2, 0) is 11.3 Å². The Morgan fingerprint density at radius 3 is 3.00 bits per heavy atom. The van der Waals surface area contributed by atoms with Gasteiger partial charge in [0.15, 0.2) is 0 Å². The highest BCUT2D eigenvalue weighted by molar-refractivity contribution is 6.35. The van der Waals surface area contributed by atoms with E-state index in [4.69, 9.17) is 23.2 Å². The summed E-state index contributed by atoms with van der Waals surface area (Å²) in [6.07, 6.45) is 0.412. The number of likely N-dealkylation sites (tertiary alicyclic amines) is 1. The number of nitrogens with zero attached hydrogens (tertiary/aromatic N) is 1. The molecule has 2 rings (SSSR count). The van der Waals surface area contributed by atoms with E-state index in [1.165, 1.54) is 13.2 Å². The number of amides is 1. The third-order valence-corrected chi connectivity index (χ3v) is 3.79. The molecule has 7 heteroatoms. The number of carbonyl (C=O) groups is 1. The molecule has 0 saturated carbocycles. The molecule has 0 radical (unpaired) electrons. The van der Waals surface area contributed by atoms with Gasteiger partial charge in [0, 0.05) is 36.3 Å². The second-order valence-corrected chi connectivity index (χ2v) is 5.60. The van der Waals surface area contributed by atoms with E-state index in [0.717, 1.165) is 13.0 Å². The van der Waals surface area contributed by atoms with Crippen molar-refractivity contribution in [3.63, 3.8) is 0 Å². The van der Waals surface area contributed by atoms with Crippen LogP contribution in [0.15, 0.2) is 12.1 Å². The minimum Gasteiger partial charge on any atom is -0.506 e. The third kappa shape index (κ3) is 3.69. The zero-order valence-electron chi connectivity index (χ0n) is 11.0. The minimum atomic E-state index is -0.425. The van der Waals surface area contributed by atoms with Gasteiger partial charge >= 0.3 is 6.09 Å². The van der Waals surface area contributed by atoms with Crippen LogP contribution in [0.3, 0.4) is 0 Å². The van der Waals surface area contributed by atoms with Gasteiger partial charge in [0.2, 0.25) is 0 Å². The topological polar surface area (TPSA) is 61.8 Å². The highest BCUT2D eigenvalue weighted by Crippen LogP contribution is 2.32. The van der Waals surface area contributed by atoms with E-state index in [1.807, 2.05) is 0 Å². The van der Waals surface area contributed by atoms with Gasteiger partial charge in [-0.25, -0.2) is 4.79 Å². The Kier molecular flexibility index (Phi) is 4.96. The quantitative estimate of drug-likeness (QED) is 0.899. The first-order chi connectivity index (χ1) is 9.49. The summed E-state index contributed by atoms with van der Waals surface area (Å²) in [4.78, 5) is 13.3. The van der Waals surface area contributed by atoms with Crippen LogP contribution >= 0.6 is 23.2 Å². The molecule has 1 aliphatic heterocycles. The van der Waals surface area contributed by atoms with Gasteiger partial charge in [-0.15, -0.1) is 0 Å². The monoisotopic (exact) mass is 318 g/mol. The molecule has 110 valence electrons. The average Bonchev–Trinajstić information content (AvgIpc) is 2.82. The molecule has 1 atom stereocenters. The second kappa shape index (κ2) is 6.52. The van der Waals surface area contributed by atoms with Gasteiger partial charge < -0.3 is 15.2 Å². The maximum atomic E-state index is 11.1. The number of carbonyl (C=O) groups excluding carboxylic acids is 1. The minimum absolute atomic E-state index is 0.0549. The number of ether oxygens (including phenoxy) is 1. The van der Waals surface area contributed by atoms with Gasteiger partial charge in [-0.3, -0.25) is 4.90 Å². The number of rotatable bonds is 3. The van der Waals surface area contributed by atoms with Gasteiger partial charge in [0.1, 0.15) is 5.75 Å². The summed E-state index contributed by atoms with van der Waals surface area (Å²) in [5, 5.41) is 13.4. The largest absolute Gasteiger partial charge is 0.506 e. The van der Waals surface area contributed by atoms with Crippen LogP contribution in [0.1, 0.15) is 12.0 Å². The maximum Gasteiger partial charge on any atom is 0.407 e. The third-order valence-electron chi connectivity index (χ3n) is 3.28. The highest BCUT2D eigenvalue weighted by atomic mass is 35.5. The van der Waals surface area contributed by atoms with Crippen molar-refractivity contribution in [1.29, 1.82) is 0 Å². The molecule has 1 heterocycles. The molecule has 1 fully saturated rings. The molecule has 0 aliphatic carbocycles. The number of methoxy groups -OCH3 is 1. The van der Waals surface area contributed by atoms with Crippen LogP contribution in [0.4, 0.5) is 4.79 Å². The number of phenolic OH excluding ortho intramolecular Hbond substituents is 1. The molecule has 0 aromatic heterocycles. The SMILES string of the molecule is COC(=O)NC1CCN(Cc2cc(Cl)cc(Cl)c2O)C1. The molecule has 1 aromatic rings. The standard InChI is InChI=1S/C13H16Cl2N2O3/c1-20-13(19)16-10-2-3-17(7-10)6-8-4-9(14)5-11(15)12(8)18/h4-5,10,18H,2-3,6-7H2,1H3,(H,16,19). The van der Waals surface area contributed by atoms with E-state index in [2.05, 4.69) is 15.0 Å². The first kappa shape index (κ1) is 15.2. The fraction of sp³-hybridized carbons (Fsp3) is 0.462. The predicted octanol–water partition coefficient (Wildman–Crippen LogP) is 2.63. The van der Waals surface area contributed by atoms with Crippen LogP contribution in [0.5, 0.6) is 5.75 Å². The summed E-state index contributed by atoms with van der Waals surface area (Å²) < 4.78 is 4.57. The Balaban J connectivity index is 1.97. The molecular weight excluding hydrogens is 303 g/mol. The number of phenols is 1. The number of halogens is 2. The maximum absolute atomic E-state index is 11.1. The summed E-state index contributed by atoms with van der Waals surface area (Å²) in [5.74, 6) is 0.0560. The number of aromatic hydroxyl groups is 1. The first-order valence-electron chi connectivity index (χ1n) is 6.23. The van der Waals surface area contributed by atoms with Gasteiger partial charge in [-0.2, -0.15) is 0 Å². The predicted molar refractivity (Wildman–Crippen MR) is 77.3 cm³/mol. The van der Waals surface area contributed by atoms with Crippen LogP contribution in [-0.4, -0.2) is 42.3 Å². The molecule has 20 heavy (non-hydrogen) atoms. The molecule has 0 spiro atoms. The first-order valence-corrected chi connectivity index (χ1v) is 6.99. The Morgan fingerprint density at radius 2 is 2.30 bits per heavy atom. The number of hydrogen-bond acceptors (Lipinski definition) is 4. The molecular formula is C13H16Cl2N2O3. The van der Waals surface area contributed by atoms with Crippen molar-refractivity contribution in [3.05, 3.63) is 27.7 Å². The van der Waals surface area contributed by atoms with Crippen molar-refractivity contribution in [2.24, 2.45) is 0 Å². The van der Waals surface area contributed by atoms with Crippen molar-refractivity contribution in [3.8, 4) is 5.75 Å². The Hall–Kier alpha value is -1.17. The lowest BCUT2D eigenvalue weighted by Crippen LogP contribution is -2.36. The molecule has 1 amide bonds. The summed E-state index contributed by atoms with van der Waals surface area (Å²) in [6, 6.07) is 3.26. The van der Waals surface area contributed by atoms with Crippen LogP contribution < -0.4 is 5.32 Å². The molecule has 1 unspecified atom stereocenters. The fourth-order valence-corrected chi connectivity index (χ4v) is 2.84. The Morgan fingerprint density at radius 1 is 1.55 bits per heavy atom. The van der Waals surface area contributed by atoms with Crippen LogP contribution in [0, 0.1) is 0 Å². The zero-order valence-corrected chi connectivity index (χ0v) is 12.5. The number of benzene rings is 1. The summed E-state index contributed by atoms with van der Waals surface area (Å²) in [5.41, 5.74) is 0.682.